The minimum Gasteiger partial charge on any atom is -0.345 e. The number of carbonyl (C=O) groups is 1. The highest BCUT2D eigenvalue weighted by atomic mass is 35.5. The molecule has 8 heteroatoms. The molecule has 1 unspecified atom stereocenters. The van der Waals surface area contributed by atoms with Crippen LogP contribution in [0.2, 0.25) is 5.02 Å². The second-order valence-electron chi connectivity index (χ2n) is 7.65. The predicted octanol–water partition coefficient (Wildman–Crippen LogP) is 3.98. The lowest BCUT2D eigenvalue weighted by Crippen LogP contribution is -2.30. The molecule has 3 aromatic rings. The molecule has 2 heterocycles. The Bertz CT molecular complexity index is 1170. The Balaban J connectivity index is 1.63. The van der Waals surface area contributed by atoms with E-state index in [-0.39, 0.29) is 16.5 Å². The maximum absolute atomic E-state index is 13.2. The smallest absolute Gasteiger partial charge is 0.268 e. The molecule has 0 radical (unpaired) electrons. The predicted molar refractivity (Wildman–Crippen MR) is 121 cm³/mol. The van der Waals surface area contributed by atoms with Crippen LogP contribution in [0.3, 0.4) is 0 Å². The Morgan fingerprint density at radius 3 is 2.26 bits per heavy atom. The van der Waals surface area contributed by atoms with E-state index >= 15 is 0 Å². The number of hydrogen-bond donors (Lipinski definition) is 1. The van der Waals surface area contributed by atoms with Gasteiger partial charge < -0.3 is 9.88 Å². The lowest BCUT2D eigenvalue weighted by atomic mass is 9.98. The molecular weight excluding hydrogens is 434 g/mol. The quantitative estimate of drug-likeness (QED) is 0.608. The Labute approximate surface area is 187 Å². The van der Waals surface area contributed by atoms with Gasteiger partial charge in [0.25, 0.3) is 5.91 Å². The number of amides is 1. The van der Waals surface area contributed by atoms with Crippen molar-refractivity contribution < 1.29 is 13.2 Å². The number of hydrogen-bond acceptors (Lipinski definition) is 3. The standard InChI is InChI=1S/C23H24ClN3O3S/c1-26-16-20(31(29,30)27-13-5-6-14-27)15-21(26)23(28)25-22(17-7-3-2-4-8-17)18-9-11-19(24)12-10-18/h2-4,7-12,15-16,22H,5-6,13-14H2,1H3,(H,25,28). The van der Waals surface area contributed by atoms with E-state index in [4.69, 9.17) is 11.6 Å². The number of rotatable bonds is 6. The Morgan fingerprint density at radius 1 is 1.00 bits per heavy atom. The van der Waals surface area contributed by atoms with Gasteiger partial charge in [0, 0.05) is 31.4 Å². The highest BCUT2D eigenvalue weighted by Crippen LogP contribution is 2.26. The lowest BCUT2D eigenvalue weighted by molar-refractivity contribution is 0.0934. The summed E-state index contributed by atoms with van der Waals surface area (Å²) in [5, 5.41) is 3.66. The van der Waals surface area contributed by atoms with Crippen molar-refractivity contribution >= 4 is 27.5 Å². The monoisotopic (exact) mass is 457 g/mol. The van der Waals surface area contributed by atoms with Crippen LogP contribution < -0.4 is 5.32 Å². The molecule has 0 spiro atoms. The molecule has 1 aliphatic rings. The van der Waals surface area contributed by atoms with Crippen LogP contribution in [0.5, 0.6) is 0 Å². The maximum Gasteiger partial charge on any atom is 0.268 e. The van der Waals surface area contributed by atoms with Crippen LogP contribution in [0.15, 0.2) is 71.8 Å². The van der Waals surface area contributed by atoms with E-state index in [0.717, 1.165) is 24.0 Å². The molecule has 1 atom stereocenters. The van der Waals surface area contributed by atoms with E-state index in [1.54, 1.807) is 23.7 Å². The average Bonchev–Trinajstić information content (AvgIpc) is 3.44. The molecule has 1 N–H and O–H groups in total. The van der Waals surface area contributed by atoms with E-state index in [9.17, 15) is 13.2 Å². The van der Waals surface area contributed by atoms with Gasteiger partial charge in [0.2, 0.25) is 10.0 Å². The Hall–Kier alpha value is -2.61. The normalized spacial score (nSPS) is 15.7. The molecule has 2 aromatic carbocycles. The van der Waals surface area contributed by atoms with Gasteiger partial charge >= 0.3 is 0 Å². The summed E-state index contributed by atoms with van der Waals surface area (Å²) < 4.78 is 28.8. The third-order valence-electron chi connectivity index (χ3n) is 5.53. The molecule has 1 aliphatic heterocycles. The number of benzene rings is 2. The van der Waals surface area contributed by atoms with Crippen molar-refractivity contribution in [2.24, 2.45) is 7.05 Å². The number of nitrogens with one attached hydrogen (secondary N) is 1. The van der Waals surface area contributed by atoms with E-state index < -0.39 is 16.1 Å². The summed E-state index contributed by atoms with van der Waals surface area (Å²) >= 11 is 6.03. The molecule has 1 saturated heterocycles. The number of carbonyl (C=O) groups excluding carboxylic acids is 1. The van der Waals surface area contributed by atoms with Gasteiger partial charge in [-0.25, -0.2) is 8.42 Å². The summed E-state index contributed by atoms with van der Waals surface area (Å²) in [6, 6.07) is 18.0. The van der Waals surface area contributed by atoms with Crippen LogP contribution in [0.4, 0.5) is 0 Å². The highest BCUT2D eigenvalue weighted by molar-refractivity contribution is 7.89. The van der Waals surface area contributed by atoms with Crippen molar-refractivity contribution in [3.8, 4) is 0 Å². The van der Waals surface area contributed by atoms with Crippen LogP contribution in [-0.4, -0.2) is 36.3 Å². The number of halogens is 1. The number of sulfonamides is 1. The summed E-state index contributed by atoms with van der Waals surface area (Å²) in [7, 11) is -1.92. The topological polar surface area (TPSA) is 71.4 Å². The van der Waals surface area contributed by atoms with Crippen LogP contribution >= 0.6 is 11.6 Å². The molecule has 6 nitrogen and oxygen atoms in total. The largest absolute Gasteiger partial charge is 0.345 e. The first kappa shape index (κ1) is 21.6. The molecule has 1 amide bonds. The highest BCUT2D eigenvalue weighted by Gasteiger charge is 2.30. The van der Waals surface area contributed by atoms with Crippen molar-refractivity contribution in [1.82, 2.24) is 14.2 Å². The summed E-state index contributed by atoms with van der Waals surface area (Å²) in [5.74, 6) is -0.353. The molecule has 31 heavy (non-hydrogen) atoms. The zero-order valence-electron chi connectivity index (χ0n) is 17.2. The van der Waals surface area contributed by atoms with Gasteiger partial charge in [0.15, 0.2) is 0 Å². The lowest BCUT2D eigenvalue weighted by Gasteiger charge is -2.20. The van der Waals surface area contributed by atoms with Gasteiger partial charge in [-0.1, -0.05) is 54.1 Å². The van der Waals surface area contributed by atoms with Crippen molar-refractivity contribution in [2.45, 2.75) is 23.8 Å². The van der Waals surface area contributed by atoms with E-state index in [1.807, 2.05) is 42.5 Å². The SMILES string of the molecule is Cn1cc(S(=O)(=O)N2CCCC2)cc1C(=O)NC(c1ccccc1)c1ccc(Cl)cc1. The summed E-state index contributed by atoms with van der Waals surface area (Å²) in [4.78, 5) is 13.3. The van der Waals surface area contributed by atoms with Crippen LogP contribution in [-0.2, 0) is 17.1 Å². The fraction of sp³-hybridized carbons (Fsp3) is 0.261. The number of aromatic nitrogens is 1. The minimum absolute atomic E-state index is 0.143. The van der Waals surface area contributed by atoms with Crippen molar-refractivity contribution in [1.29, 1.82) is 0 Å². The van der Waals surface area contributed by atoms with Gasteiger partial charge in [-0.3, -0.25) is 4.79 Å². The van der Waals surface area contributed by atoms with E-state index in [0.29, 0.717) is 18.1 Å². The molecule has 162 valence electrons. The van der Waals surface area contributed by atoms with Gasteiger partial charge in [-0.05, 0) is 42.2 Å². The zero-order valence-corrected chi connectivity index (χ0v) is 18.7. The van der Waals surface area contributed by atoms with E-state index in [2.05, 4.69) is 5.32 Å². The Morgan fingerprint density at radius 2 is 1.61 bits per heavy atom. The fourth-order valence-electron chi connectivity index (χ4n) is 3.84. The van der Waals surface area contributed by atoms with Crippen molar-refractivity contribution in [3.05, 3.63) is 88.7 Å². The van der Waals surface area contributed by atoms with Gasteiger partial charge in [0.05, 0.1) is 6.04 Å². The van der Waals surface area contributed by atoms with Gasteiger partial charge in [0.1, 0.15) is 10.6 Å². The van der Waals surface area contributed by atoms with E-state index in [1.165, 1.54) is 16.6 Å². The fourth-order valence-corrected chi connectivity index (χ4v) is 5.56. The first-order chi connectivity index (χ1) is 14.9. The first-order valence-corrected chi connectivity index (χ1v) is 12.0. The molecule has 4 rings (SSSR count). The summed E-state index contributed by atoms with van der Waals surface area (Å²) in [5.41, 5.74) is 2.08. The molecular formula is C23H24ClN3O3S. The van der Waals surface area contributed by atoms with Crippen molar-refractivity contribution in [2.75, 3.05) is 13.1 Å². The maximum atomic E-state index is 13.2. The molecule has 0 saturated carbocycles. The molecule has 0 bridgehead atoms. The van der Waals surface area contributed by atoms with Gasteiger partial charge in [-0.2, -0.15) is 4.31 Å². The average molecular weight is 458 g/mol. The van der Waals surface area contributed by atoms with Gasteiger partial charge in [-0.15, -0.1) is 0 Å². The third-order valence-corrected chi connectivity index (χ3v) is 7.64. The van der Waals surface area contributed by atoms with Crippen LogP contribution in [0.1, 0.15) is 40.5 Å². The van der Waals surface area contributed by atoms with Crippen LogP contribution in [0, 0.1) is 0 Å². The van der Waals surface area contributed by atoms with Crippen molar-refractivity contribution in [3.63, 3.8) is 0 Å². The van der Waals surface area contributed by atoms with Crippen LogP contribution in [0.25, 0.3) is 0 Å². The second kappa shape index (κ2) is 8.86. The second-order valence-corrected chi connectivity index (χ2v) is 10.0. The molecule has 1 fully saturated rings. The molecule has 1 aromatic heterocycles. The molecule has 0 aliphatic carbocycles. The summed E-state index contributed by atoms with van der Waals surface area (Å²) in [6.45, 7) is 1.04. The minimum atomic E-state index is -3.59. The third kappa shape index (κ3) is 4.54. The Kier molecular flexibility index (Phi) is 6.18. The first-order valence-electron chi connectivity index (χ1n) is 10.1. The zero-order chi connectivity index (χ0) is 22.0. The summed E-state index contributed by atoms with van der Waals surface area (Å²) in [6.07, 6.45) is 3.22. The number of nitrogens with zero attached hydrogens (tertiary/aromatic N) is 2. The number of aryl methyl sites for hydroxylation is 1.